The van der Waals surface area contributed by atoms with E-state index in [2.05, 4.69) is 15.1 Å². The summed E-state index contributed by atoms with van der Waals surface area (Å²) in [4.78, 5) is 7.74. The Kier molecular flexibility index (Phi) is 1.48. The third-order valence-electron chi connectivity index (χ3n) is 1.42. The Labute approximate surface area is 68.9 Å². The molecule has 60 valence electrons. The topological polar surface area (TPSA) is 69.6 Å². The van der Waals surface area contributed by atoms with Gasteiger partial charge >= 0.3 is 0 Å². The molecule has 0 amide bonds. The van der Waals surface area contributed by atoms with Crippen molar-refractivity contribution in [1.29, 1.82) is 0 Å². The molecule has 0 aliphatic heterocycles. The molecule has 0 aliphatic carbocycles. The Hall–Kier alpha value is -1.91. The van der Waals surface area contributed by atoms with Gasteiger partial charge in [0.1, 0.15) is 6.33 Å². The lowest BCUT2D eigenvalue weighted by atomic mass is 10.4. The Morgan fingerprint density at radius 1 is 1.42 bits per heavy atom. The molecular weight excluding hydrogens is 154 g/mol. The molecule has 0 aromatic carbocycles. The van der Waals surface area contributed by atoms with Gasteiger partial charge in [-0.2, -0.15) is 0 Å². The zero-order valence-corrected chi connectivity index (χ0v) is 6.25. The van der Waals surface area contributed by atoms with Crippen LogP contribution >= 0.6 is 0 Å². The SMILES string of the molecule is Nc1ncn(-c2cccnc2)n1. The number of pyridine rings is 1. The van der Waals surface area contributed by atoms with Crippen molar-refractivity contribution in [2.75, 3.05) is 5.73 Å². The molecule has 2 rings (SSSR count). The maximum atomic E-state index is 5.35. The van der Waals surface area contributed by atoms with Crippen LogP contribution in [0, 0.1) is 0 Å². The largest absolute Gasteiger partial charge is 0.366 e. The van der Waals surface area contributed by atoms with E-state index in [1.165, 1.54) is 0 Å². The summed E-state index contributed by atoms with van der Waals surface area (Å²) in [5, 5.41) is 3.92. The number of hydrogen-bond acceptors (Lipinski definition) is 4. The highest BCUT2D eigenvalue weighted by Gasteiger charge is 1.97. The van der Waals surface area contributed by atoms with Crippen LogP contribution in [0.25, 0.3) is 5.69 Å². The fraction of sp³-hybridized carbons (Fsp3) is 0. The maximum absolute atomic E-state index is 5.35. The predicted octanol–water partition coefficient (Wildman–Crippen LogP) is 0.244. The van der Waals surface area contributed by atoms with Crippen LogP contribution in [-0.2, 0) is 0 Å². The van der Waals surface area contributed by atoms with Crippen molar-refractivity contribution in [2.24, 2.45) is 0 Å². The molecule has 0 unspecified atom stereocenters. The average Bonchev–Trinajstić information content (AvgIpc) is 2.54. The molecule has 0 aliphatic rings. The van der Waals surface area contributed by atoms with Gasteiger partial charge in [-0.1, -0.05) is 0 Å². The minimum atomic E-state index is 0.263. The summed E-state index contributed by atoms with van der Waals surface area (Å²) in [7, 11) is 0. The van der Waals surface area contributed by atoms with Gasteiger partial charge in [-0.05, 0) is 12.1 Å². The Morgan fingerprint density at radius 2 is 2.33 bits per heavy atom. The summed E-state index contributed by atoms with van der Waals surface area (Å²) in [5.74, 6) is 0.263. The van der Waals surface area contributed by atoms with Gasteiger partial charge in [-0.25, -0.2) is 9.67 Å². The molecule has 5 nitrogen and oxygen atoms in total. The summed E-state index contributed by atoms with van der Waals surface area (Å²) in [5.41, 5.74) is 6.20. The zero-order chi connectivity index (χ0) is 8.39. The van der Waals surface area contributed by atoms with E-state index in [0.29, 0.717) is 0 Å². The van der Waals surface area contributed by atoms with Crippen molar-refractivity contribution in [1.82, 2.24) is 19.7 Å². The van der Waals surface area contributed by atoms with Gasteiger partial charge in [-0.15, -0.1) is 5.10 Å². The Bertz CT molecular complexity index is 366. The highest BCUT2D eigenvalue weighted by Crippen LogP contribution is 2.02. The van der Waals surface area contributed by atoms with Crippen LogP contribution in [0.1, 0.15) is 0 Å². The van der Waals surface area contributed by atoms with E-state index in [-0.39, 0.29) is 5.95 Å². The van der Waals surface area contributed by atoms with Crippen molar-refractivity contribution in [3.05, 3.63) is 30.9 Å². The third kappa shape index (κ3) is 1.12. The molecule has 0 spiro atoms. The molecule has 2 aromatic heterocycles. The second-order valence-electron chi connectivity index (χ2n) is 2.26. The van der Waals surface area contributed by atoms with E-state index in [1.807, 2.05) is 12.1 Å². The first-order valence-electron chi connectivity index (χ1n) is 3.44. The molecule has 0 bridgehead atoms. The van der Waals surface area contributed by atoms with E-state index in [1.54, 1.807) is 23.4 Å². The third-order valence-corrected chi connectivity index (χ3v) is 1.42. The normalized spacial score (nSPS) is 10.0. The number of rotatable bonds is 1. The summed E-state index contributed by atoms with van der Waals surface area (Å²) in [6.07, 6.45) is 4.93. The van der Waals surface area contributed by atoms with Crippen molar-refractivity contribution in [3.8, 4) is 5.69 Å². The molecule has 0 fully saturated rings. The summed E-state index contributed by atoms with van der Waals surface area (Å²) in [6, 6.07) is 3.70. The Morgan fingerprint density at radius 3 is 2.92 bits per heavy atom. The number of aromatic nitrogens is 4. The van der Waals surface area contributed by atoms with E-state index >= 15 is 0 Å². The van der Waals surface area contributed by atoms with Gasteiger partial charge in [0, 0.05) is 6.20 Å². The first kappa shape index (κ1) is 6.78. The molecular formula is C7H7N5. The quantitative estimate of drug-likeness (QED) is 0.650. The average molecular weight is 161 g/mol. The number of nitrogens with two attached hydrogens (primary N) is 1. The minimum absolute atomic E-state index is 0.263. The standard InChI is InChI=1S/C7H7N5/c8-7-10-5-12(11-7)6-2-1-3-9-4-6/h1-5H,(H2,8,11). The van der Waals surface area contributed by atoms with Crippen molar-refractivity contribution in [2.45, 2.75) is 0 Å². The minimum Gasteiger partial charge on any atom is -0.366 e. The van der Waals surface area contributed by atoms with Gasteiger partial charge in [0.2, 0.25) is 5.95 Å². The highest BCUT2D eigenvalue weighted by molar-refractivity contribution is 5.27. The first-order valence-corrected chi connectivity index (χ1v) is 3.44. The zero-order valence-electron chi connectivity index (χ0n) is 6.25. The second kappa shape index (κ2) is 2.61. The van der Waals surface area contributed by atoms with Crippen LogP contribution in [0.3, 0.4) is 0 Å². The Balaban J connectivity index is 2.45. The van der Waals surface area contributed by atoms with Crippen molar-refractivity contribution in [3.63, 3.8) is 0 Å². The summed E-state index contributed by atoms with van der Waals surface area (Å²) < 4.78 is 1.57. The molecule has 0 saturated heterocycles. The van der Waals surface area contributed by atoms with Crippen LogP contribution in [0.2, 0.25) is 0 Å². The van der Waals surface area contributed by atoms with Gasteiger partial charge in [-0.3, -0.25) is 4.98 Å². The van der Waals surface area contributed by atoms with Crippen LogP contribution < -0.4 is 5.73 Å². The molecule has 2 aromatic rings. The van der Waals surface area contributed by atoms with E-state index in [9.17, 15) is 0 Å². The van der Waals surface area contributed by atoms with Crippen molar-refractivity contribution >= 4 is 5.95 Å². The smallest absolute Gasteiger partial charge is 0.239 e. The fourth-order valence-corrected chi connectivity index (χ4v) is 0.890. The van der Waals surface area contributed by atoms with E-state index in [4.69, 9.17) is 5.73 Å². The molecule has 2 heterocycles. The van der Waals surface area contributed by atoms with Crippen molar-refractivity contribution < 1.29 is 0 Å². The van der Waals surface area contributed by atoms with E-state index in [0.717, 1.165) is 5.69 Å². The highest BCUT2D eigenvalue weighted by atomic mass is 15.4. The monoisotopic (exact) mass is 161 g/mol. The fourth-order valence-electron chi connectivity index (χ4n) is 0.890. The van der Waals surface area contributed by atoms with Gasteiger partial charge in [0.25, 0.3) is 0 Å². The summed E-state index contributed by atoms with van der Waals surface area (Å²) in [6.45, 7) is 0. The predicted molar refractivity (Wildman–Crippen MR) is 43.6 cm³/mol. The van der Waals surface area contributed by atoms with Gasteiger partial charge < -0.3 is 5.73 Å². The molecule has 5 heteroatoms. The van der Waals surface area contributed by atoms with Crippen LogP contribution in [0.15, 0.2) is 30.9 Å². The first-order chi connectivity index (χ1) is 5.86. The number of anilines is 1. The van der Waals surface area contributed by atoms with Crippen LogP contribution in [0.5, 0.6) is 0 Å². The second-order valence-corrected chi connectivity index (χ2v) is 2.26. The number of nitrogens with zero attached hydrogens (tertiary/aromatic N) is 4. The van der Waals surface area contributed by atoms with Crippen LogP contribution in [0.4, 0.5) is 5.95 Å². The lowest BCUT2D eigenvalue weighted by Crippen LogP contribution is -1.96. The van der Waals surface area contributed by atoms with Gasteiger partial charge in [0.05, 0.1) is 11.9 Å². The lowest BCUT2D eigenvalue weighted by Gasteiger charge is -1.95. The van der Waals surface area contributed by atoms with E-state index < -0.39 is 0 Å². The lowest BCUT2D eigenvalue weighted by molar-refractivity contribution is 0.876. The maximum Gasteiger partial charge on any atom is 0.239 e. The number of hydrogen-bond donors (Lipinski definition) is 1. The molecule has 2 N–H and O–H groups in total. The molecule has 12 heavy (non-hydrogen) atoms. The summed E-state index contributed by atoms with van der Waals surface area (Å²) >= 11 is 0. The molecule has 0 atom stereocenters. The number of nitrogen functional groups attached to an aromatic ring is 1. The molecule has 0 saturated carbocycles. The molecule has 0 radical (unpaired) electrons. The van der Waals surface area contributed by atoms with Crippen LogP contribution in [-0.4, -0.2) is 19.7 Å². The van der Waals surface area contributed by atoms with Gasteiger partial charge in [0.15, 0.2) is 0 Å².